The molecule has 0 aliphatic rings. The van der Waals surface area contributed by atoms with Crippen molar-refractivity contribution in [2.45, 2.75) is 18.2 Å². The third-order valence-electron chi connectivity index (χ3n) is 2.48. The number of carbonyl (C=O) groups is 1. The molecule has 1 N–H and O–H groups in total. The molecule has 0 radical (unpaired) electrons. The normalized spacial score (nSPS) is 14.6. The van der Waals surface area contributed by atoms with Crippen LogP contribution in [-0.2, 0) is 37.2 Å². The van der Waals surface area contributed by atoms with Crippen LogP contribution in [0.3, 0.4) is 0 Å². The monoisotopic (exact) mass is 320 g/mol. The Morgan fingerprint density at radius 3 is 2.70 bits per heavy atom. The molecule has 0 amide bonds. The molecule has 2 atom stereocenters. The lowest BCUT2D eigenvalue weighted by atomic mass is 10.0. The zero-order valence-electron chi connectivity index (χ0n) is 10.9. The van der Waals surface area contributed by atoms with Crippen LogP contribution in [0.5, 0.6) is 0 Å². The summed E-state index contributed by atoms with van der Waals surface area (Å²) in [6, 6.07) is 6.19. The van der Waals surface area contributed by atoms with Crippen LogP contribution in [0.15, 0.2) is 29.2 Å². The minimum Gasteiger partial charge on any atom is -0.758 e. The predicted molar refractivity (Wildman–Crippen MR) is 70.6 cm³/mol. The number of rotatable bonds is 6. The number of carbonyl (C=O) groups excluding carboxylic acids is 1. The van der Waals surface area contributed by atoms with E-state index >= 15 is 0 Å². The van der Waals surface area contributed by atoms with Crippen molar-refractivity contribution >= 4 is 27.1 Å². The zero-order valence-corrected chi connectivity index (χ0v) is 12.5. The SMILES string of the molecule is CC(Cc1cccc(S(C)(=O)=O)c1)C(=O)ONS(=O)[O-]. The fraction of sp³-hybridized carbons (Fsp3) is 0.364. The number of nitrogens with one attached hydrogen (secondary N) is 1. The molecule has 0 saturated carbocycles. The zero-order chi connectivity index (χ0) is 15.3. The summed E-state index contributed by atoms with van der Waals surface area (Å²) in [5.41, 5.74) is 0.639. The van der Waals surface area contributed by atoms with Gasteiger partial charge in [0.25, 0.3) is 0 Å². The van der Waals surface area contributed by atoms with Crippen LogP contribution in [0.25, 0.3) is 0 Å². The highest BCUT2D eigenvalue weighted by atomic mass is 32.2. The van der Waals surface area contributed by atoms with Crippen LogP contribution in [0.2, 0.25) is 0 Å². The molecule has 1 aromatic rings. The summed E-state index contributed by atoms with van der Waals surface area (Å²) in [5, 5.41) is 0. The van der Waals surface area contributed by atoms with E-state index in [9.17, 15) is 22.0 Å². The van der Waals surface area contributed by atoms with Gasteiger partial charge < -0.3 is 9.39 Å². The van der Waals surface area contributed by atoms with Gasteiger partial charge in [0.05, 0.1) is 22.1 Å². The number of sulfone groups is 1. The Morgan fingerprint density at radius 1 is 1.50 bits per heavy atom. The third-order valence-corrected chi connectivity index (χ3v) is 3.81. The van der Waals surface area contributed by atoms with Crippen molar-refractivity contribution in [3.63, 3.8) is 0 Å². The number of benzene rings is 1. The van der Waals surface area contributed by atoms with Crippen molar-refractivity contribution in [2.75, 3.05) is 6.26 Å². The first kappa shape index (κ1) is 16.8. The van der Waals surface area contributed by atoms with Gasteiger partial charge >= 0.3 is 5.97 Å². The highest BCUT2D eigenvalue weighted by Gasteiger charge is 2.16. The van der Waals surface area contributed by atoms with Crippen LogP contribution >= 0.6 is 0 Å². The summed E-state index contributed by atoms with van der Waals surface area (Å²) in [6.07, 6.45) is 1.33. The van der Waals surface area contributed by atoms with Gasteiger partial charge in [0, 0.05) is 6.26 Å². The van der Waals surface area contributed by atoms with E-state index in [1.807, 2.05) is 0 Å². The maximum absolute atomic E-state index is 11.5. The highest BCUT2D eigenvalue weighted by molar-refractivity contribution is 7.90. The maximum Gasteiger partial charge on any atom is 0.329 e. The molecule has 0 aromatic heterocycles. The molecule has 0 aliphatic carbocycles. The lowest BCUT2D eigenvalue weighted by Gasteiger charge is -2.12. The van der Waals surface area contributed by atoms with E-state index in [2.05, 4.69) is 4.84 Å². The molecule has 0 heterocycles. The molecule has 2 unspecified atom stereocenters. The van der Waals surface area contributed by atoms with Gasteiger partial charge in [-0.1, -0.05) is 23.9 Å². The minimum absolute atomic E-state index is 0.161. The standard InChI is InChI=1S/C11H15NO6S2/c1-8(11(13)18-12-19(14)15)6-9-4-3-5-10(7-9)20(2,16)17/h3-5,7-8,12H,6H2,1-2H3,(H,14,15)/p-1. The van der Waals surface area contributed by atoms with Crippen LogP contribution in [0.1, 0.15) is 12.5 Å². The Hall–Kier alpha value is -1.29. The van der Waals surface area contributed by atoms with E-state index < -0.39 is 33.0 Å². The van der Waals surface area contributed by atoms with Gasteiger partial charge in [-0.25, -0.2) is 8.42 Å². The summed E-state index contributed by atoms with van der Waals surface area (Å²) >= 11 is -2.69. The molecule has 0 bridgehead atoms. The van der Waals surface area contributed by atoms with E-state index in [1.54, 1.807) is 19.1 Å². The molecule has 0 aliphatic heterocycles. The summed E-state index contributed by atoms with van der Waals surface area (Å²) in [7, 11) is -3.31. The quantitative estimate of drug-likeness (QED) is 0.588. The molecular formula is C11H14NO6S2-. The molecule has 0 saturated heterocycles. The molecule has 0 spiro atoms. The molecule has 0 fully saturated rings. The molecule has 7 nitrogen and oxygen atoms in total. The van der Waals surface area contributed by atoms with Gasteiger partial charge in [0.2, 0.25) is 0 Å². The highest BCUT2D eigenvalue weighted by Crippen LogP contribution is 2.15. The van der Waals surface area contributed by atoms with Gasteiger partial charge in [-0.3, -0.25) is 9.00 Å². The lowest BCUT2D eigenvalue weighted by Crippen LogP contribution is -2.26. The Bertz CT molecular complexity index is 613. The maximum atomic E-state index is 11.5. The predicted octanol–water partition coefficient (Wildman–Crippen LogP) is 0.111. The van der Waals surface area contributed by atoms with Crippen LogP contribution in [0, 0.1) is 5.92 Å². The van der Waals surface area contributed by atoms with E-state index in [0.717, 1.165) is 6.26 Å². The Labute approximate surface area is 119 Å². The average Bonchev–Trinajstić information content (AvgIpc) is 2.35. The van der Waals surface area contributed by atoms with Crippen molar-refractivity contribution in [3.05, 3.63) is 29.8 Å². The second kappa shape index (κ2) is 6.93. The average molecular weight is 320 g/mol. The number of hydrogen-bond donors (Lipinski definition) is 1. The van der Waals surface area contributed by atoms with Crippen molar-refractivity contribution in [1.29, 1.82) is 0 Å². The Balaban J connectivity index is 2.73. The van der Waals surface area contributed by atoms with E-state index in [-0.39, 0.29) is 11.3 Å². The van der Waals surface area contributed by atoms with Gasteiger partial charge in [0.1, 0.15) is 0 Å². The van der Waals surface area contributed by atoms with Crippen molar-refractivity contribution < 1.29 is 26.8 Å². The third kappa shape index (κ3) is 5.37. The molecule has 9 heteroatoms. The lowest BCUT2D eigenvalue weighted by molar-refractivity contribution is -0.151. The van der Waals surface area contributed by atoms with Crippen LogP contribution in [0.4, 0.5) is 0 Å². The first-order chi connectivity index (χ1) is 9.20. The fourth-order valence-electron chi connectivity index (χ4n) is 1.52. The second-order valence-electron chi connectivity index (χ2n) is 4.26. The molecule has 1 rings (SSSR count). The van der Waals surface area contributed by atoms with Crippen molar-refractivity contribution in [2.24, 2.45) is 5.92 Å². The van der Waals surface area contributed by atoms with E-state index in [0.29, 0.717) is 5.56 Å². The van der Waals surface area contributed by atoms with Crippen LogP contribution < -0.4 is 4.89 Å². The van der Waals surface area contributed by atoms with Gasteiger partial charge in [-0.15, -0.1) is 0 Å². The molecule has 112 valence electrons. The molecular weight excluding hydrogens is 306 g/mol. The number of hydrogen-bond acceptors (Lipinski definition) is 6. The second-order valence-corrected chi connectivity index (χ2v) is 6.92. The van der Waals surface area contributed by atoms with E-state index in [1.165, 1.54) is 17.0 Å². The minimum atomic E-state index is -3.31. The first-order valence-electron chi connectivity index (χ1n) is 5.54. The van der Waals surface area contributed by atoms with Crippen molar-refractivity contribution in [1.82, 2.24) is 4.89 Å². The smallest absolute Gasteiger partial charge is 0.329 e. The van der Waals surface area contributed by atoms with Gasteiger partial charge in [0.15, 0.2) is 9.84 Å². The van der Waals surface area contributed by atoms with Gasteiger partial charge in [-0.05, 0) is 24.1 Å². The Kier molecular flexibility index (Phi) is 5.81. The summed E-state index contributed by atoms with van der Waals surface area (Å²) < 4.78 is 43.2. The summed E-state index contributed by atoms with van der Waals surface area (Å²) in [4.78, 5) is 17.5. The molecule has 20 heavy (non-hydrogen) atoms. The topological polar surface area (TPSA) is 113 Å². The summed E-state index contributed by atoms with van der Waals surface area (Å²) in [5.74, 6) is -1.38. The largest absolute Gasteiger partial charge is 0.758 e. The Morgan fingerprint density at radius 2 is 2.15 bits per heavy atom. The first-order valence-corrected chi connectivity index (χ1v) is 8.51. The summed E-state index contributed by atoms with van der Waals surface area (Å²) in [6.45, 7) is 1.55. The fourth-order valence-corrected chi connectivity index (χ4v) is 2.36. The van der Waals surface area contributed by atoms with Crippen LogP contribution in [-0.4, -0.2) is 29.4 Å². The van der Waals surface area contributed by atoms with E-state index in [4.69, 9.17) is 0 Å². The van der Waals surface area contributed by atoms with Crippen molar-refractivity contribution in [3.8, 4) is 0 Å². The van der Waals surface area contributed by atoms with Gasteiger partial charge in [-0.2, -0.15) is 0 Å². The molecule has 1 aromatic carbocycles.